The van der Waals surface area contributed by atoms with E-state index in [2.05, 4.69) is 0 Å². The zero-order chi connectivity index (χ0) is 9.68. The lowest BCUT2D eigenvalue weighted by atomic mass is 10.2. The number of rotatable bonds is 2. The van der Waals surface area contributed by atoms with Crippen molar-refractivity contribution in [2.75, 3.05) is 0 Å². The number of carbonyl (C=O) groups is 1. The highest BCUT2D eigenvalue weighted by Gasteiger charge is 1.98. The van der Waals surface area contributed by atoms with Crippen molar-refractivity contribution in [3.8, 4) is 5.75 Å². The number of benzene rings is 1. The number of aryl methyl sites for hydroxylation is 1. The largest absolute Gasteiger partial charge is 0.423 e. The van der Waals surface area contributed by atoms with E-state index in [1.54, 1.807) is 12.1 Å². The number of ether oxygens (including phenoxy) is 1. The minimum Gasteiger partial charge on any atom is -0.423 e. The zero-order valence-corrected chi connectivity index (χ0v) is 7.91. The van der Waals surface area contributed by atoms with Gasteiger partial charge in [-0.3, -0.25) is 0 Å². The summed E-state index contributed by atoms with van der Waals surface area (Å²) in [5.41, 5.74) is 2.24. The third-order valence-corrected chi connectivity index (χ3v) is 1.56. The van der Waals surface area contributed by atoms with E-state index in [0.29, 0.717) is 5.75 Å². The van der Waals surface area contributed by atoms with Crippen molar-refractivity contribution in [2.24, 2.45) is 0 Å². The normalized spacial score (nSPS) is 10.3. The van der Waals surface area contributed by atoms with E-state index in [4.69, 9.17) is 16.3 Å². The molecule has 0 aliphatic rings. The summed E-state index contributed by atoms with van der Waals surface area (Å²) in [6.07, 6.45) is 1.15. The average Bonchev–Trinajstić information content (AvgIpc) is 2.09. The van der Waals surface area contributed by atoms with Crippen LogP contribution in [0.3, 0.4) is 0 Å². The molecule has 0 radical (unpaired) electrons. The molecule has 0 fully saturated rings. The van der Waals surface area contributed by atoms with Gasteiger partial charge in [0, 0.05) is 11.6 Å². The van der Waals surface area contributed by atoms with E-state index in [9.17, 15) is 4.79 Å². The first-order valence-electron chi connectivity index (χ1n) is 3.77. The van der Waals surface area contributed by atoms with Crippen LogP contribution in [-0.2, 0) is 4.79 Å². The average molecular weight is 197 g/mol. The molecule has 0 bridgehead atoms. The summed E-state index contributed by atoms with van der Waals surface area (Å²) < 4.78 is 4.90. The maximum atomic E-state index is 10.9. The Morgan fingerprint density at radius 3 is 2.54 bits per heavy atom. The molecule has 0 unspecified atom stereocenters. The molecule has 0 N–H and O–H groups in total. The van der Waals surface area contributed by atoms with Gasteiger partial charge in [-0.05, 0) is 19.1 Å². The minimum absolute atomic E-state index is 0.473. The zero-order valence-electron chi connectivity index (χ0n) is 7.16. The van der Waals surface area contributed by atoms with Crippen molar-refractivity contribution in [1.82, 2.24) is 0 Å². The molecule has 0 saturated heterocycles. The predicted molar refractivity (Wildman–Crippen MR) is 51.8 cm³/mol. The lowest BCUT2D eigenvalue weighted by Gasteiger charge is -2.00. The standard InChI is InChI=1S/C10H9ClO2/c1-8-2-4-9(5-3-8)13-10(12)6-7-11/h2-7H,1H3. The molecule has 0 aliphatic heterocycles. The molecule has 1 aromatic carbocycles. The monoisotopic (exact) mass is 196 g/mol. The van der Waals surface area contributed by atoms with E-state index < -0.39 is 5.97 Å². The van der Waals surface area contributed by atoms with Gasteiger partial charge < -0.3 is 4.74 Å². The molecule has 3 heteroatoms. The Labute approximate surface area is 81.8 Å². The highest BCUT2D eigenvalue weighted by molar-refractivity contribution is 6.26. The van der Waals surface area contributed by atoms with Gasteiger partial charge in [0.25, 0.3) is 0 Å². The van der Waals surface area contributed by atoms with Gasteiger partial charge >= 0.3 is 5.97 Å². The molecule has 1 rings (SSSR count). The van der Waals surface area contributed by atoms with E-state index in [-0.39, 0.29) is 0 Å². The Morgan fingerprint density at radius 1 is 1.38 bits per heavy atom. The predicted octanol–water partition coefficient (Wildman–Crippen LogP) is 2.65. The maximum absolute atomic E-state index is 10.9. The first-order valence-corrected chi connectivity index (χ1v) is 4.21. The van der Waals surface area contributed by atoms with Gasteiger partial charge in [0.2, 0.25) is 0 Å². The van der Waals surface area contributed by atoms with E-state index in [1.165, 1.54) is 0 Å². The smallest absolute Gasteiger partial charge is 0.337 e. The lowest BCUT2D eigenvalue weighted by Crippen LogP contribution is -2.02. The van der Waals surface area contributed by atoms with Crippen molar-refractivity contribution in [3.63, 3.8) is 0 Å². The summed E-state index contributed by atoms with van der Waals surface area (Å²) in [6.45, 7) is 1.96. The van der Waals surface area contributed by atoms with Crippen molar-refractivity contribution < 1.29 is 9.53 Å². The molecular weight excluding hydrogens is 188 g/mol. The van der Waals surface area contributed by atoms with Gasteiger partial charge in [-0.25, -0.2) is 4.79 Å². The first-order chi connectivity index (χ1) is 6.22. The number of hydrogen-bond donors (Lipinski definition) is 0. The Kier molecular flexibility index (Phi) is 3.53. The van der Waals surface area contributed by atoms with Gasteiger partial charge in [-0.1, -0.05) is 29.3 Å². The molecule has 0 aromatic heterocycles. The molecule has 0 atom stereocenters. The number of esters is 1. The molecule has 0 heterocycles. The van der Waals surface area contributed by atoms with Crippen molar-refractivity contribution in [3.05, 3.63) is 41.4 Å². The summed E-state index contributed by atoms with van der Waals surface area (Å²) >= 11 is 5.21. The van der Waals surface area contributed by atoms with Gasteiger partial charge in [0.1, 0.15) is 5.75 Å². The van der Waals surface area contributed by atoms with Crippen LogP contribution < -0.4 is 4.74 Å². The molecule has 0 amide bonds. The van der Waals surface area contributed by atoms with Crippen LogP contribution in [-0.4, -0.2) is 5.97 Å². The second kappa shape index (κ2) is 4.67. The van der Waals surface area contributed by atoms with Gasteiger partial charge in [-0.15, -0.1) is 0 Å². The van der Waals surface area contributed by atoms with Crippen molar-refractivity contribution >= 4 is 17.6 Å². The van der Waals surface area contributed by atoms with Crippen LogP contribution >= 0.6 is 11.6 Å². The number of carbonyl (C=O) groups excluding carboxylic acids is 1. The number of halogens is 1. The minimum atomic E-state index is -0.473. The molecular formula is C10H9ClO2. The molecule has 0 saturated carbocycles. The van der Waals surface area contributed by atoms with Crippen molar-refractivity contribution in [1.29, 1.82) is 0 Å². The maximum Gasteiger partial charge on any atom is 0.337 e. The summed E-state index contributed by atoms with van der Waals surface area (Å²) in [7, 11) is 0. The molecule has 0 aliphatic carbocycles. The van der Waals surface area contributed by atoms with Crippen LogP contribution in [0.15, 0.2) is 35.9 Å². The van der Waals surface area contributed by atoms with E-state index in [0.717, 1.165) is 17.2 Å². The van der Waals surface area contributed by atoms with Crippen LogP contribution in [0.25, 0.3) is 0 Å². The van der Waals surface area contributed by atoms with Crippen LogP contribution in [0.5, 0.6) is 5.75 Å². The fourth-order valence-corrected chi connectivity index (χ4v) is 0.911. The molecule has 2 nitrogen and oxygen atoms in total. The highest BCUT2D eigenvalue weighted by Crippen LogP contribution is 2.11. The summed E-state index contributed by atoms with van der Waals surface area (Å²) in [6, 6.07) is 7.20. The van der Waals surface area contributed by atoms with Gasteiger partial charge in [0.05, 0.1) is 0 Å². The van der Waals surface area contributed by atoms with Crippen LogP contribution in [0, 0.1) is 6.92 Å². The fourth-order valence-electron chi connectivity index (χ4n) is 0.808. The molecule has 68 valence electrons. The third-order valence-electron chi connectivity index (χ3n) is 1.44. The Morgan fingerprint density at radius 2 is 2.00 bits per heavy atom. The quantitative estimate of drug-likeness (QED) is 0.413. The summed E-state index contributed by atoms with van der Waals surface area (Å²) in [5.74, 6) is 0.0456. The van der Waals surface area contributed by atoms with Crippen LogP contribution in [0.2, 0.25) is 0 Å². The SMILES string of the molecule is Cc1ccc(OC(=O)C=CCl)cc1. The highest BCUT2D eigenvalue weighted by atomic mass is 35.5. The van der Waals surface area contributed by atoms with Crippen LogP contribution in [0.4, 0.5) is 0 Å². The molecule has 13 heavy (non-hydrogen) atoms. The number of hydrogen-bond acceptors (Lipinski definition) is 2. The van der Waals surface area contributed by atoms with E-state index in [1.807, 2.05) is 19.1 Å². The Hall–Kier alpha value is -1.28. The molecule has 0 spiro atoms. The second-order valence-corrected chi connectivity index (χ2v) is 2.78. The third kappa shape index (κ3) is 3.30. The Balaban J connectivity index is 2.64. The van der Waals surface area contributed by atoms with Gasteiger partial charge in [0.15, 0.2) is 0 Å². The van der Waals surface area contributed by atoms with Crippen LogP contribution in [0.1, 0.15) is 5.56 Å². The Bertz CT molecular complexity index is 314. The summed E-state index contributed by atoms with van der Waals surface area (Å²) in [5, 5.41) is 0. The second-order valence-electron chi connectivity index (χ2n) is 2.53. The molecule has 1 aromatic rings. The lowest BCUT2D eigenvalue weighted by molar-refractivity contribution is -0.128. The summed E-state index contributed by atoms with van der Waals surface area (Å²) in [4.78, 5) is 10.9. The van der Waals surface area contributed by atoms with Gasteiger partial charge in [-0.2, -0.15) is 0 Å². The fraction of sp³-hybridized carbons (Fsp3) is 0.100. The van der Waals surface area contributed by atoms with E-state index >= 15 is 0 Å². The topological polar surface area (TPSA) is 26.3 Å². The van der Waals surface area contributed by atoms with Crippen molar-refractivity contribution in [2.45, 2.75) is 6.92 Å². The first kappa shape index (κ1) is 9.81.